The molecule has 0 amide bonds. The van der Waals surface area contributed by atoms with Crippen molar-refractivity contribution in [3.63, 3.8) is 0 Å². The summed E-state index contributed by atoms with van der Waals surface area (Å²) < 4.78 is 0. The molecule has 2 aliphatic rings. The van der Waals surface area contributed by atoms with Crippen molar-refractivity contribution >= 4 is 27.4 Å². The van der Waals surface area contributed by atoms with E-state index >= 15 is 0 Å². The van der Waals surface area contributed by atoms with Crippen molar-refractivity contribution in [1.82, 2.24) is 19.8 Å². The number of hydrogen-bond acceptors (Lipinski definition) is 6. The van der Waals surface area contributed by atoms with Crippen LogP contribution in [0.2, 0.25) is 0 Å². The fraction of sp³-hybridized carbons (Fsp3) is 0.520. The third kappa shape index (κ3) is 4.47. The summed E-state index contributed by atoms with van der Waals surface area (Å²) in [6.45, 7) is 5.96. The van der Waals surface area contributed by atoms with E-state index in [1.165, 1.54) is 61.8 Å². The molecular formula is C25H33N5S. The van der Waals surface area contributed by atoms with Gasteiger partial charge in [-0.2, -0.15) is 0 Å². The van der Waals surface area contributed by atoms with E-state index in [9.17, 15) is 0 Å². The van der Waals surface area contributed by atoms with Gasteiger partial charge in [0.05, 0.1) is 5.39 Å². The molecule has 4 heterocycles. The Morgan fingerprint density at radius 3 is 2.42 bits per heavy atom. The Hall–Kier alpha value is -2.02. The van der Waals surface area contributed by atoms with Crippen LogP contribution in [-0.4, -0.2) is 72.6 Å². The second kappa shape index (κ2) is 9.23. The highest BCUT2D eigenvalue weighted by molar-refractivity contribution is 7.17. The van der Waals surface area contributed by atoms with Crippen LogP contribution in [0.1, 0.15) is 25.7 Å². The Labute approximate surface area is 189 Å². The molecule has 0 unspecified atom stereocenters. The lowest BCUT2D eigenvalue weighted by molar-refractivity contribution is 0.124. The molecule has 0 aliphatic carbocycles. The predicted molar refractivity (Wildman–Crippen MR) is 131 cm³/mol. The van der Waals surface area contributed by atoms with Gasteiger partial charge >= 0.3 is 0 Å². The minimum atomic E-state index is 0.766. The molecule has 2 aromatic heterocycles. The molecule has 2 aliphatic heterocycles. The summed E-state index contributed by atoms with van der Waals surface area (Å²) in [6.07, 6.45) is 6.87. The second-order valence-corrected chi connectivity index (χ2v) is 10.2. The zero-order valence-corrected chi connectivity index (χ0v) is 19.5. The molecule has 164 valence electrons. The van der Waals surface area contributed by atoms with Crippen molar-refractivity contribution < 1.29 is 0 Å². The third-order valence-electron chi connectivity index (χ3n) is 7.15. The average Bonchev–Trinajstić information content (AvgIpc) is 3.25. The number of aromatic nitrogens is 2. The Balaban J connectivity index is 1.26. The minimum Gasteiger partial charge on any atom is -0.356 e. The number of piperidine rings is 2. The number of fused-ring (bicyclic) bond motifs is 1. The molecule has 6 heteroatoms. The van der Waals surface area contributed by atoms with E-state index in [4.69, 9.17) is 4.98 Å². The molecule has 3 aromatic rings. The number of benzene rings is 1. The summed E-state index contributed by atoms with van der Waals surface area (Å²) in [5, 5.41) is 3.46. The van der Waals surface area contributed by atoms with Crippen molar-refractivity contribution in [2.24, 2.45) is 5.92 Å². The number of anilines is 1. The van der Waals surface area contributed by atoms with Gasteiger partial charge in [-0.3, -0.25) is 0 Å². The molecule has 0 radical (unpaired) electrons. The van der Waals surface area contributed by atoms with Crippen LogP contribution in [0.3, 0.4) is 0 Å². The molecule has 2 saturated heterocycles. The summed E-state index contributed by atoms with van der Waals surface area (Å²) in [7, 11) is 4.44. The molecule has 5 rings (SSSR count). The molecule has 31 heavy (non-hydrogen) atoms. The minimum absolute atomic E-state index is 0.766. The van der Waals surface area contributed by atoms with Crippen LogP contribution in [0, 0.1) is 5.92 Å². The fourth-order valence-electron chi connectivity index (χ4n) is 5.24. The quantitative estimate of drug-likeness (QED) is 0.585. The third-order valence-corrected chi connectivity index (χ3v) is 8.04. The van der Waals surface area contributed by atoms with Gasteiger partial charge in [0.15, 0.2) is 0 Å². The van der Waals surface area contributed by atoms with E-state index in [2.05, 4.69) is 69.5 Å². The van der Waals surface area contributed by atoms with Crippen molar-refractivity contribution in [1.29, 1.82) is 0 Å². The summed E-state index contributed by atoms with van der Waals surface area (Å²) >= 11 is 1.72. The zero-order chi connectivity index (χ0) is 21.2. The maximum atomic E-state index is 4.76. The van der Waals surface area contributed by atoms with Gasteiger partial charge in [0.25, 0.3) is 0 Å². The molecule has 0 N–H and O–H groups in total. The van der Waals surface area contributed by atoms with E-state index < -0.39 is 0 Å². The summed E-state index contributed by atoms with van der Waals surface area (Å²) in [5.41, 5.74) is 2.52. The van der Waals surface area contributed by atoms with Crippen LogP contribution in [0.15, 0.2) is 42.0 Å². The topological polar surface area (TPSA) is 35.5 Å². The van der Waals surface area contributed by atoms with Gasteiger partial charge in [0.1, 0.15) is 17.0 Å². The molecule has 5 nitrogen and oxygen atoms in total. The first-order chi connectivity index (χ1) is 15.2. The lowest BCUT2D eigenvalue weighted by Gasteiger charge is -2.39. The highest BCUT2D eigenvalue weighted by Gasteiger charge is 2.27. The van der Waals surface area contributed by atoms with Crippen LogP contribution < -0.4 is 4.90 Å². The van der Waals surface area contributed by atoms with Gasteiger partial charge in [-0.25, -0.2) is 9.97 Å². The van der Waals surface area contributed by atoms with Crippen molar-refractivity contribution in [2.45, 2.75) is 31.7 Å². The normalized spacial score (nSPS) is 19.5. The van der Waals surface area contributed by atoms with Crippen LogP contribution >= 0.6 is 11.3 Å². The smallest absolute Gasteiger partial charge is 0.141 e. The van der Waals surface area contributed by atoms with Crippen LogP contribution in [0.5, 0.6) is 0 Å². The van der Waals surface area contributed by atoms with Gasteiger partial charge in [0, 0.05) is 36.6 Å². The highest BCUT2D eigenvalue weighted by atomic mass is 32.1. The van der Waals surface area contributed by atoms with E-state index in [-0.39, 0.29) is 0 Å². The maximum Gasteiger partial charge on any atom is 0.141 e. The number of thiophene rings is 1. The van der Waals surface area contributed by atoms with Gasteiger partial charge in [-0.1, -0.05) is 30.3 Å². The molecule has 0 spiro atoms. The largest absolute Gasteiger partial charge is 0.356 e. The number of nitrogens with zero attached hydrogens (tertiary/aromatic N) is 5. The van der Waals surface area contributed by atoms with Gasteiger partial charge < -0.3 is 14.7 Å². The predicted octanol–water partition coefficient (Wildman–Crippen LogP) is 4.60. The summed E-state index contributed by atoms with van der Waals surface area (Å²) in [5.74, 6) is 1.93. The van der Waals surface area contributed by atoms with Gasteiger partial charge in [-0.05, 0) is 64.3 Å². The standard InChI is InChI=1S/C25H33N5S/c1-28(2)21-10-12-29(13-11-21)16-19-8-14-30(15-9-19)24-23-22(20-6-4-3-5-7-20)17-31-25(23)27-18-26-24/h3-7,17-19,21H,8-16H2,1-2H3. The summed E-state index contributed by atoms with van der Waals surface area (Å²) in [4.78, 5) is 18.0. The van der Waals surface area contributed by atoms with Gasteiger partial charge in [0.2, 0.25) is 0 Å². The Morgan fingerprint density at radius 1 is 0.968 bits per heavy atom. The zero-order valence-electron chi connectivity index (χ0n) is 18.7. The van der Waals surface area contributed by atoms with E-state index in [0.717, 1.165) is 35.7 Å². The van der Waals surface area contributed by atoms with Gasteiger partial charge in [-0.15, -0.1) is 11.3 Å². The van der Waals surface area contributed by atoms with E-state index in [0.29, 0.717) is 0 Å². The average molecular weight is 436 g/mol. The first-order valence-corrected chi connectivity index (χ1v) is 12.5. The fourth-order valence-corrected chi connectivity index (χ4v) is 6.15. The lowest BCUT2D eigenvalue weighted by atomic mass is 9.94. The van der Waals surface area contributed by atoms with Crippen molar-refractivity contribution in [2.75, 3.05) is 51.7 Å². The molecule has 2 fully saturated rings. The number of rotatable bonds is 5. The Kier molecular flexibility index (Phi) is 6.21. The first kappa shape index (κ1) is 20.9. The Morgan fingerprint density at radius 2 is 1.71 bits per heavy atom. The summed E-state index contributed by atoms with van der Waals surface area (Å²) in [6, 6.07) is 11.4. The SMILES string of the molecule is CN(C)C1CCN(CC2CCN(c3ncnc4scc(-c5ccccc5)c34)CC2)CC1. The lowest BCUT2D eigenvalue weighted by Crippen LogP contribution is -2.45. The van der Waals surface area contributed by atoms with Crippen LogP contribution in [-0.2, 0) is 0 Å². The highest BCUT2D eigenvalue weighted by Crippen LogP contribution is 2.38. The van der Waals surface area contributed by atoms with E-state index in [1.807, 2.05) is 0 Å². The number of hydrogen-bond donors (Lipinski definition) is 0. The van der Waals surface area contributed by atoms with Crippen LogP contribution in [0.4, 0.5) is 5.82 Å². The molecule has 0 saturated carbocycles. The monoisotopic (exact) mass is 435 g/mol. The molecule has 0 atom stereocenters. The van der Waals surface area contributed by atoms with Crippen LogP contribution in [0.25, 0.3) is 21.3 Å². The second-order valence-electron chi connectivity index (χ2n) is 9.32. The van der Waals surface area contributed by atoms with Crippen molar-refractivity contribution in [3.8, 4) is 11.1 Å². The Bertz CT molecular complexity index is 986. The maximum absolute atomic E-state index is 4.76. The molecule has 0 bridgehead atoms. The van der Waals surface area contributed by atoms with Crippen molar-refractivity contribution in [3.05, 3.63) is 42.0 Å². The van der Waals surface area contributed by atoms with E-state index in [1.54, 1.807) is 17.7 Å². The number of likely N-dealkylation sites (tertiary alicyclic amines) is 1. The first-order valence-electron chi connectivity index (χ1n) is 11.6. The molecule has 1 aromatic carbocycles. The molecular weight excluding hydrogens is 402 g/mol.